The lowest BCUT2D eigenvalue weighted by molar-refractivity contribution is 0.297. The highest BCUT2D eigenvalue weighted by Gasteiger charge is 2.25. The number of hydrogen-bond donors (Lipinski definition) is 1. The highest BCUT2D eigenvalue weighted by molar-refractivity contribution is 9.10. The number of ether oxygens (including phenoxy) is 1. The van der Waals surface area contributed by atoms with Crippen LogP contribution < -0.4 is 10.1 Å². The van der Waals surface area contributed by atoms with Gasteiger partial charge in [0.2, 0.25) is 0 Å². The van der Waals surface area contributed by atoms with Crippen LogP contribution in [0.2, 0.25) is 0 Å². The fourth-order valence-electron chi connectivity index (χ4n) is 2.55. The molecule has 1 unspecified atom stereocenters. The molecule has 1 aliphatic carbocycles. The summed E-state index contributed by atoms with van der Waals surface area (Å²) in [7, 11) is 0. The van der Waals surface area contributed by atoms with E-state index in [1.54, 1.807) is 0 Å². The molecule has 1 N–H and O–H groups in total. The van der Waals surface area contributed by atoms with Crippen molar-refractivity contribution in [3.63, 3.8) is 0 Å². The first kappa shape index (κ1) is 12.5. The van der Waals surface area contributed by atoms with Gasteiger partial charge in [-0.05, 0) is 62.4 Å². The zero-order valence-corrected chi connectivity index (χ0v) is 12.2. The third-order valence-corrected chi connectivity index (χ3v) is 4.21. The molecule has 3 rings (SSSR count). The second-order valence-electron chi connectivity index (χ2n) is 5.42. The number of benzene rings is 1. The lowest BCUT2D eigenvalue weighted by Crippen LogP contribution is -2.35. The Morgan fingerprint density at radius 3 is 2.83 bits per heavy atom. The minimum Gasteiger partial charge on any atom is -0.490 e. The highest BCUT2D eigenvalue weighted by atomic mass is 79.9. The monoisotopic (exact) mass is 309 g/mol. The maximum Gasteiger partial charge on any atom is 0.123 e. The molecule has 1 atom stereocenters. The summed E-state index contributed by atoms with van der Waals surface area (Å²) >= 11 is 3.57. The molecule has 0 aromatic heterocycles. The zero-order chi connectivity index (χ0) is 12.4. The van der Waals surface area contributed by atoms with E-state index in [2.05, 4.69) is 39.4 Å². The Bertz CT molecular complexity index is 411. The van der Waals surface area contributed by atoms with Crippen molar-refractivity contribution in [1.82, 2.24) is 5.32 Å². The summed E-state index contributed by atoms with van der Waals surface area (Å²) in [5.74, 6) is 1.09. The van der Waals surface area contributed by atoms with Gasteiger partial charge in [0.05, 0.1) is 6.10 Å². The van der Waals surface area contributed by atoms with Gasteiger partial charge in [-0.1, -0.05) is 22.4 Å². The van der Waals surface area contributed by atoms with Crippen LogP contribution in [0.5, 0.6) is 5.75 Å². The first-order chi connectivity index (χ1) is 8.81. The SMILES string of the molecule is Brc1ccc(OC2CC2)c(CC2CCCCN2)c1. The van der Waals surface area contributed by atoms with Crippen LogP contribution in [-0.4, -0.2) is 18.7 Å². The molecule has 2 fully saturated rings. The van der Waals surface area contributed by atoms with Crippen LogP contribution >= 0.6 is 15.9 Å². The minimum atomic E-state index is 0.476. The normalized spacial score (nSPS) is 23.9. The third kappa shape index (κ3) is 3.27. The van der Waals surface area contributed by atoms with Crippen molar-refractivity contribution in [3.05, 3.63) is 28.2 Å². The Morgan fingerprint density at radius 1 is 1.22 bits per heavy atom. The van der Waals surface area contributed by atoms with E-state index >= 15 is 0 Å². The predicted molar refractivity (Wildman–Crippen MR) is 77.1 cm³/mol. The molecule has 0 radical (unpaired) electrons. The summed E-state index contributed by atoms with van der Waals surface area (Å²) in [6, 6.07) is 7.03. The Morgan fingerprint density at radius 2 is 2.11 bits per heavy atom. The first-order valence-electron chi connectivity index (χ1n) is 7.00. The molecule has 3 heteroatoms. The average Bonchev–Trinajstić information content (AvgIpc) is 3.18. The molecular weight excluding hydrogens is 290 g/mol. The van der Waals surface area contributed by atoms with Crippen LogP contribution in [0.4, 0.5) is 0 Å². The molecule has 2 nitrogen and oxygen atoms in total. The van der Waals surface area contributed by atoms with Gasteiger partial charge < -0.3 is 10.1 Å². The summed E-state index contributed by atoms with van der Waals surface area (Å²) in [6.07, 6.45) is 7.96. The number of piperidine rings is 1. The summed E-state index contributed by atoms with van der Waals surface area (Å²) < 4.78 is 7.15. The van der Waals surface area contributed by atoms with Crippen molar-refractivity contribution in [2.24, 2.45) is 0 Å². The molecule has 18 heavy (non-hydrogen) atoms. The average molecular weight is 310 g/mol. The van der Waals surface area contributed by atoms with Crippen molar-refractivity contribution in [2.75, 3.05) is 6.54 Å². The molecule has 2 aliphatic rings. The summed E-state index contributed by atoms with van der Waals surface area (Å²) in [5, 5.41) is 3.61. The molecule has 1 aromatic carbocycles. The largest absolute Gasteiger partial charge is 0.490 e. The lowest BCUT2D eigenvalue weighted by Gasteiger charge is -2.24. The van der Waals surface area contributed by atoms with Gasteiger partial charge in [0.15, 0.2) is 0 Å². The van der Waals surface area contributed by atoms with Crippen molar-refractivity contribution in [3.8, 4) is 5.75 Å². The number of rotatable bonds is 4. The summed E-state index contributed by atoms with van der Waals surface area (Å²) in [4.78, 5) is 0. The van der Waals surface area contributed by atoms with E-state index in [0.717, 1.165) is 23.2 Å². The lowest BCUT2D eigenvalue weighted by atomic mass is 9.97. The van der Waals surface area contributed by atoms with E-state index < -0.39 is 0 Å². The molecular formula is C15H20BrNO. The Balaban J connectivity index is 1.72. The fourth-order valence-corrected chi connectivity index (χ4v) is 2.96. The van der Waals surface area contributed by atoms with Crippen molar-refractivity contribution >= 4 is 15.9 Å². The van der Waals surface area contributed by atoms with Gasteiger partial charge in [0.1, 0.15) is 5.75 Å². The molecule has 1 aliphatic heterocycles. The first-order valence-corrected chi connectivity index (χ1v) is 7.79. The van der Waals surface area contributed by atoms with Crippen LogP contribution in [0.25, 0.3) is 0 Å². The van der Waals surface area contributed by atoms with Crippen LogP contribution in [0.3, 0.4) is 0 Å². The quantitative estimate of drug-likeness (QED) is 0.916. The fraction of sp³-hybridized carbons (Fsp3) is 0.600. The molecule has 0 spiro atoms. The third-order valence-electron chi connectivity index (χ3n) is 3.72. The maximum absolute atomic E-state index is 6.00. The molecule has 1 aromatic rings. The Kier molecular flexibility index (Phi) is 3.90. The molecule has 0 bridgehead atoms. The van der Waals surface area contributed by atoms with E-state index in [0.29, 0.717) is 12.1 Å². The van der Waals surface area contributed by atoms with Gasteiger partial charge >= 0.3 is 0 Å². The summed E-state index contributed by atoms with van der Waals surface area (Å²) in [5.41, 5.74) is 1.34. The van der Waals surface area contributed by atoms with E-state index in [4.69, 9.17) is 4.74 Å². The Labute approximate surface area is 117 Å². The van der Waals surface area contributed by atoms with Gasteiger partial charge in [0.25, 0.3) is 0 Å². The highest BCUT2D eigenvalue weighted by Crippen LogP contribution is 2.32. The summed E-state index contributed by atoms with van der Waals surface area (Å²) in [6.45, 7) is 1.16. The second kappa shape index (κ2) is 5.62. The second-order valence-corrected chi connectivity index (χ2v) is 6.34. The van der Waals surface area contributed by atoms with Crippen molar-refractivity contribution in [1.29, 1.82) is 0 Å². The van der Waals surface area contributed by atoms with E-state index in [1.165, 1.54) is 37.7 Å². The molecule has 1 saturated carbocycles. The van der Waals surface area contributed by atoms with E-state index in [9.17, 15) is 0 Å². The van der Waals surface area contributed by atoms with E-state index in [-0.39, 0.29) is 0 Å². The maximum atomic E-state index is 6.00. The van der Waals surface area contributed by atoms with Gasteiger partial charge in [-0.25, -0.2) is 0 Å². The van der Waals surface area contributed by atoms with Crippen molar-refractivity contribution in [2.45, 2.75) is 50.7 Å². The molecule has 1 heterocycles. The van der Waals surface area contributed by atoms with Crippen molar-refractivity contribution < 1.29 is 4.74 Å². The standard InChI is InChI=1S/C15H20BrNO/c16-12-4-7-15(18-14-5-6-14)11(9-12)10-13-3-1-2-8-17-13/h4,7,9,13-14,17H,1-3,5-6,8,10H2. The predicted octanol–water partition coefficient (Wildman–Crippen LogP) is 3.67. The number of halogens is 1. The van der Waals surface area contributed by atoms with Gasteiger partial charge in [-0.2, -0.15) is 0 Å². The molecule has 1 saturated heterocycles. The van der Waals surface area contributed by atoms with Gasteiger partial charge in [0, 0.05) is 10.5 Å². The van der Waals surface area contributed by atoms with Crippen LogP contribution in [0.15, 0.2) is 22.7 Å². The number of nitrogens with one attached hydrogen (secondary N) is 1. The molecule has 0 amide bonds. The van der Waals surface area contributed by atoms with Gasteiger partial charge in [-0.3, -0.25) is 0 Å². The minimum absolute atomic E-state index is 0.476. The van der Waals surface area contributed by atoms with Crippen LogP contribution in [-0.2, 0) is 6.42 Å². The Hall–Kier alpha value is -0.540. The topological polar surface area (TPSA) is 21.3 Å². The van der Waals surface area contributed by atoms with Crippen LogP contribution in [0.1, 0.15) is 37.7 Å². The van der Waals surface area contributed by atoms with Gasteiger partial charge in [-0.15, -0.1) is 0 Å². The number of hydrogen-bond acceptors (Lipinski definition) is 2. The van der Waals surface area contributed by atoms with Crippen LogP contribution in [0, 0.1) is 0 Å². The molecule has 98 valence electrons. The zero-order valence-electron chi connectivity index (χ0n) is 10.6. The van der Waals surface area contributed by atoms with E-state index in [1.807, 2.05) is 0 Å². The smallest absolute Gasteiger partial charge is 0.123 e.